The summed E-state index contributed by atoms with van der Waals surface area (Å²) in [5.41, 5.74) is 0.559. The summed E-state index contributed by atoms with van der Waals surface area (Å²) in [5, 5.41) is 0. The Kier molecular flexibility index (Phi) is 3.30. The fraction of sp³-hybridized carbons (Fsp3) is 0.667. The van der Waals surface area contributed by atoms with Crippen LogP contribution in [0.1, 0.15) is 27.7 Å². The molecule has 0 aliphatic carbocycles. The minimum atomic E-state index is -0.393. The molecule has 0 fully saturated rings. The molecule has 0 aromatic heterocycles. The molecular weight excluding hydrogens is 140 g/mol. The SMILES string of the molecule is COC=C(C)C(C)(C)C(C)=O. The van der Waals surface area contributed by atoms with Crippen molar-refractivity contribution < 1.29 is 9.53 Å². The molecule has 0 aliphatic heterocycles. The minimum absolute atomic E-state index is 0.156. The molecule has 0 aromatic rings. The van der Waals surface area contributed by atoms with Gasteiger partial charge >= 0.3 is 0 Å². The molecule has 0 aliphatic rings. The normalized spacial score (nSPS) is 13.0. The van der Waals surface area contributed by atoms with Crippen LogP contribution < -0.4 is 0 Å². The van der Waals surface area contributed by atoms with Gasteiger partial charge in [-0.3, -0.25) is 4.79 Å². The van der Waals surface area contributed by atoms with E-state index < -0.39 is 5.41 Å². The van der Waals surface area contributed by atoms with Crippen LogP contribution in [0, 0.1) is 5.41 Å². The van der Waals surface area contributed by atoms with Crippen LogP contribution in [0.3, 0.4) is 0 Å². The molecular formula is C9H16O2. The predicted octanol–water partition coefficient (Wildman–Crippen LogP) is 2.15. The van der Waals surface area contributed by atoms with Gasteiger partial charge in [0.1, 0.15) is 5.78 Å². The highest BCUT2D eigenvalue weighted by molar-refractivity contribution is 5.84. The Balaban J connectivity index is 4.55. The average Bonchev–Trinajstić information content (AvgIpc) is 1.88. The molecule has 0 radical (unpaired) electrons. The molecule has 0 heterocycles. The van der Waals surface area contributed by atoms with Crippen molar-refractivity contribution in [3.63, 3.8) is 0 Å². The second kappa shape index (κ2) is 3.56. The third-order valence-corrected chi connectivity index (χ3v) is 2.16. The number of methoxy groups -OCH3 is 1. The van der Waals surface area contributed by atoms with E-state index in [0.29, 0.717) is 0 Å². The number of carbonyl (C=O) groups excluding carboxylic acids is 1. The second-order valence-corrected chi connectivity index (χ2v) is 3.22. The van der Waals surface area contributed by atoms with Gasteiger partial charge in [-0.15, -0.1) is 0 Å². The third kappa shape index (κ3) is 2.37. The molecule has 0 unspecified atom stereocenters. The molecule has 64 valence electrons. The first-order valence-electron chi connectivity index (χ1n) is 3.64. The molecule has 0 N–H and O–H groups in total. The Morgan fingerprint density at radius 2 is 1.82 bits per heavy atom. The van der Waals surface area contributed by atoms with Gasteiger partial charge in [0.2, 0.25) is 0 Å². The molecule has 0 rings (SSSR count). The number of rotatable bonds is 3. The summed E-state index contributed by atoms with van der Waals surface area (Å²) < 4.78 is 4.83. The highest BCUT2D eigenvalue weighted by Crippen LogP contribution is 2.26. The highest BCUT2D eigenvalue weighted by atomic mass is 16.5. The van der Waals surface area contributed by atoms with Crippen molar-refractivity contribution in [2.75, 3.05) is 7.11 Å². The quantitative estimate of drug-likeness (QED) is 0.585. The molecule has 0 saturated carbocycles. The van der Waals surface area contributed by atoms with Crippen molar-refractivity contribution in [2.45, 2.75) is 27.7 Å². The molecule has 0 aromatic carbocycles. The van der Waals surface area contributed by atoms with E-state index in [-0.39, 0.29) is 5.78 Å². The number of hydrogen-bond donors (Lipinski definition) is 0. The number of ketones is 1. The first-order valence-corrected chi connectivity index (χ1v) is 3.64. The van der Waals surface area contributed by atoms with Crippen LogP contribution in [-0.4, -0.2) is 12.9 Å². The first-order chi connectivity index (χ1) is 4.92. The third-order valence-electron chi connectivity index (χ3n) is 2.16. The van der Waals surface area contributed by atoms with E-state index >= 15 is 0 Å². The molecule has 0 atom stereocenters. The zero-order valence-corrected chi connectivity index (χ0v) is 7.89. The van der Waals surface area contributed by atoms with Gasteiger partial charge < -0.3 is 4.74 Å². The summed E-state index contributed by atoms with van der Waals surface area (Å²) in [4.78, 5) is 11.1. The summed E-state index contributed by atoms with van der Waals surface area (Å²) in [6, 6.07) is 0. The molecule has 0 amide bonds. The fourth-order valence-corrected chi connectivity index (χ4v) is 0.602. The van der Waals surface area contributed by atoms with Gasteiger partial charge in [0.05, 0.1) is 13.4 Å². The van der Waals surface area contributed by atoms with Gasteiger partial charge in [-0.05, 0) is 33.3 Å². The van der Waals surface area contributed by atoms with Gasteiger partial charge in [-0.2, -0.15) is 0 Å². The maximum absolute atomic E-state index is 11.1. The van der Waals surface area contributed by atoms with E-state index in [9.17, 15) is 4.79 Å². The summed E-state index contributed by atoms with van der Waals surface area (Å²) >= 11 is 0. The molecule has 0 bridgehead atoms. The maximum Gasteiger partial charge on any atom is 0.139 e. The van der Waals surface area contributed by atoms with Gasteiger partial charge in [0, 0.05) is 5.41 Å². The Morgan fingerprint density at radius 1 is 1.36 bits per heavy atom. The molecule has 2 heteroatoms. The monoisotopic (exact) mass is 156 g/mol. The molecule has 0 saturated heterocycles. The van der Waals surface area contributed by atoms with Crippen LogP contribution in [0.5, 0.6) is 0 Å². The maximum atomic E-state index is 11.1. The van der Waals surface area contributed by atoms with Gasteiger partial charge in [-0.1, -0.05) is 0 Å². The molecule has 11 heavy (non-hydrogen) atoms. The van der Waals surface area contributed by atoms with Crippen molar-refractivity contribution in [3.8, 4) is 0 Å². The van der Waals surface area contributed by atoms with E-state index in [2.05, 4.69) is 0 Å². The lowest BCUT2D eigenvalue weighted by atomic mass is 9.82. The van der Waals surface area contributed by atoms with Crippen LogP contribution in [0.25, 0.3) is 0 Å². The lowest BCUT2D eigenvalue weighted by molar-refractivity contribution is -0.123. The summed E-state index contributed by atoms with van der Waals surface area (Å²) in [5.74, 6) is 0.156. The van der Waals surface area contributed by atoms with Crippen molar-refractivity contribution >= 4 is 5.78 Å². The van der Waals surface area contributed by atoms with Crippen LogP contribution in [-0.2, 0) is 9.53 Å². The average molecular weight is 156 g/mol. The zero-order valence-electron chi connectivity index (χ0n) is 7.89. The van der Waals surface area contributed by atoms with E-state index in [4.69, 9.17) is 4.74 Å². The number of allylic oxidation sites excluding steroid dienone is 1. The fourth-order valence-electron chi connectivity index (χ4n) is 0.602. The van der Waals surface area contributed by atoms with Crippen molar-refractivity contribution in [3.05, 3.63) is 11.8 Å². The number of hydrogen-bond acceptors (Lipinski definition) is 2. The Morgan fingerprint density at radius 3 is 2.09 bits per heavy atom. The van der Waals surface area contributed by atoms with Crippen molar-refractivity contribution in [1.82, 2.24) is 0 Å². The molecule has 2 nitrogen and oxygen atoms in total. The smallest absolute Gasteiger partial charge is 0.139 e. The Bertz CT molecular complexity index is 178. The summed E-state index contributed by atoms with van der Waals surface area (Å²) in [7, 11) is 1.58. The largest absolute Gasteiger partial charge is 0.504 e. The number of Topliss-reactive ketones (excluding diaryl/α,β-unsaturated/α-hetero) is 1. The highest BCUT2D eigenvalue weighted by Gasteiger charge is 2.25. The lowest BCUT2D eigenvalue weighted by Crippen LogP contribution is -2.22. The standard InChI is InChI=1S/C9H16O2/c1-7(6-11-5)9(3,4)8(2)10/h6H,1-5H3. The van der Waals surface area contributed by atoms with Crippen LogP contribution >= 0.6 is 0 Å². The minimum Gasteiger partial charge on any atom is -0.504 e. The van der Waals surface area contributed by atoms with Crippen LogP contribution in [0.2, 0.25) is 0 Å². The van der Waals surface area contributed by atoms with Crippen molar-refractivity contribution in [1.29, 1.82) is 0 Å². The van der Waals surface area contributed by atoms with E-state index in [0.717, 1.165) is 5.57 Å². The van der Waals surface area contributed by atoms with E-state index in [1.54, 1.807) is 20.3 Å². The summed E-state index contributed by atoms with van der Waals surface area (Å²) in [6.07, 6.45) is 1.61. The van der Waals surface area contributed by atoms with E-state index in [1.165, 1.54) is 0 Å². The van der Waals surface area contributed by atoms with Gasteiger partial charge in [-0.25, -0.2) is 0 Å². The molecule has 0 spiro atoms. The zero-order chi connectivity index (χ0) is 9.07. The summed E-state index contributed by atoms with van der Waals surface area (Å²) in [6.45, 7) is 7.26. The first kappa shape index (κ1) is 10.2. The number of carbonyl (C=O) groups is 1. The predicted molar refractivity (Wildman–Crippen MR) is 45.2 cm³/mol. The van der Waals surface area contributed by atoms with E-state index in [1.807, 2.05) is 20.8 Å². The second-order valence-electron chi connectivity index (χ2n) is 3.22. The Labute approximate surface area is 68.2 Å². The lowest BCUT2D eigenvalue weighted by Gasteiger charge is -2.21. The van der Waals surface area contributed by atoms with Crippen LogP contribution in [0.4, 0.5) is 0 Å². The van der Waals surface area contributed by atoms with Crippen molar-refractivity contribution in [2.24, 2.45) is 5.41 Å². The van der Waals surface area contributed by atoms with Crippen LogP contribution in [0.15, 0.2) is 11.8 Å². The topological polar surface area (TPSA) is 26.3 Å². The Hall–Kier alpha value is -0.790. The van der Waals surface area contributed by atoms with Gasteiger partial charge in [0.25, 0.3) is 0 Å². The number of ether oxygens (including phenoxy) is 1. The van der Waals surface area contributed by atoms with Gasteiger partial charge in [0.15, 0.2) is 0 Å².